The lowest BCUT2D eigenvalue weighted by molar-refractivity contribution is 0.483. The molecular weight excluding hydrogens is 228 g/mol. The zero-order valence-electron chi connectivity index (χ0n) is 6.87. The van der Waals surface area contributed by atoms with Gasteiger partial charge in [-0.25, -0.2) is 8.42 Å². The van der Waals surface area contributed by atoms with E-state index >= 15 is 0 Å². The maximum Gasteiger partial charge on any atom is 0.295 e. The van der Waals surface area contributed by atoms with E-state index in [2.05, 4.69) is 6.07 Å². The van der Waals surface area contributed by atoms with E-state index in [1.807, 2.05) is 0 Å². The van der Waals surface area contributed by atoms with Gasteiger partial charge < -0.3 is 0 Å². The standard InChI is InChI=1S/C7H7O5S2/c8-13(9)5-6-2-1-3-7(4-6)14(10,11)12/h1-2,4,13H,5H2,(H,10,11,12). The fourth-order valence-corrected chi connectivity index (χ4v) is 1.90. The molecule has 0 saturated heterocycles. The van der Waals surface area contributed by atoms with Crippen LogP contribution in [0.3, 0.4) is 0 Å². The van der Waals surface area contributed by atoms with Crippen LogP contribution in [0.15, 0.2) is 23.1 Å². The molecule has 0 aliphatic heterocycles. The molecule has 1 rings (SSSR count). The Labute approximate surface area is 83.1 Å². The second-order valence-corrected chi connectivity index (χ2v) is 4.90. The van der Waals surface area contributed by atoms with Gasteiger partial charge in [-0.3, -0.25) is 4.55 Å². The molecule has 1 N–H and O–H groups in total. The van der Waals surface area contributed by atoms with Gasteiger partial charge in [0, 0.05) is 6.07 Å². The van der Waals surface area contributed by atoms with E-state index in [-0.39, 0.29) is 5.75 Å². The van der Waals surface area contributed by atoms with E-state index in [0.717, 1.165) is 6.07 Å². The summed E-state index contributed by atoms with van der Waals surface area (Å²) in [6.45, 7) is 0. The van der Waals surface area contributed by atoms with Crippen molar-refractivity contribution in [1.82, 2.24) is 0 Å². The van der Waals surface area contributed by atoms with Gasteiger partial charge in [0.25, 0.3) is 10.1 Å². The maximum absolute atomic E-state index is 10.6. The third-order valence-corrected chi connectivity index (χ3v) is 2.84. The first kappa shape index (κ1) is 11.2. The van der Waals surface area contributed by atoms with Crippen molar-refractivity contribution >= 4 is 20.8 Å². The Morgan fingerprint density at radius 1 is 1.43 bits per heavy atom. The van der Waals surface area contributed by atoms with E-state index in [4.69, 9.17) is 4.55 Å². The average molecular weight is 235 g/mol. The van der Waals surface area contributed by atoms with Crippen molar-refractivity contribution in [1.29, 1.82) is 0 Å². The monoisotopic (exact) mass is 235 g/mol. The average Bonchev–Trinajstić information content (AvgIpc) is 2.01. The molecule has 14 heavy (non-hydrogen) atoms. The van der Waals surface area contributed by atoms with Crippen molar-refractivity contribution in [3.05, 3.63) is 29.8 Å². The molecule has 0 heterocycles. The molecule has 7 heteroatoms. The maximum atomic E-state index is 10.6. The highest BCUT2D eigenvalue weighted by molar-refractivity contribution is 7.85. The topological polar surface area (TPSA) is 88.5 Å². The van der Waals surface area contributed by atoms with Crippen LogP contribution < -0.4 is 0 Å². The second kappa shape index (κ2) is 4.07. The van der Waals surface area contributed by atoms with Crippen LogP contribution >= 0.6 is 0 Å². The molecule has 0 saturated carbocycles. The summed E-state index contributed by atoms with van der Waals surface area (Å²) < 4.78 is 50.6. The van der Waals surface area contributed by atoms with Crippen LogP contribution in [0.2, 0.25) is 0 Å². The summed E-state index contributed by atoms with van der Waals surface area (Å²) >= 11 is 0. The third-order valence-electron chi connectivity index (χ3n) is 1.43. The molecule has 0 unspecified atom stereocenters. The second-order valence-electron chi connectivity index (χ2n) is 2.53. The van der Waals surface area contributed by atoms with Crippen molar-refractivity contribution < 1.29 is 21.4 Å². The molecule has 0 aromatic heterocycles. The van der Waals surface area contributed by atoms with Crippen LogP contribution in [-0.4, -0.2) is 21.4 Å². The zero-order chi connectivity index (χ0) is 10.8. The van der Waals surface area contributed by atoms with E-state index in [1.54, 1.807) is 0 Å². The predicted molar refractivity (Wildman–Crippen MR) is 49.1 cm³/mol. The van der Waals surface area contributed by atoms with Gasteiger partial charge in [0.15, 0.2) is 0 Å². The van der Waals surface area contributed by atoms with Crippen LogP contribution in [0.1, 0.15) is 5.56 Å². The molecule has 0 aliphatic carbocycles. The first-order valence-electron chi connectivity index (χ1n) is 3.49. The highest BCUT2D eigenvalue weighted by Gasteiger charge is 2.09. The van der Waals surface area contributed by atoms with Crippen molar-refractivity contribution in [2.24, 2.45) is 0 Å². The molecule has 0 aliphatic rings. The zero-order valence-corrected chi connectivity index (χ0v) is 8.59. The number of hydrogen-bond acceptors (Lipinski definition) is 4. The van der Waals surface area contributed by atoms with E-state index in [9.17, 15) is 16.8 Å². The van der Waals surface area contributed by atoms with E-state index < -0.39 is 25.7 Å². The SMILES string of the molecule is O=[SH](=O)Cc1cc[c]c(S(=O)(=O)O)c1. The largest absolute Gasteiger partial charge is 0.295 e. The first-order valence-corrected chi connectivity index (χ1v) is 6.30. The van der Waals surface area contributed by atoms with Crippen molar-refractivity contribution in [3.63, 3.8) is 0 Å². The number of thiol groups is 1. The van der Waals surface area contributed by atoms with Gasteiger partial charge >= 0.3 is 0 Å². The molecule has 0 spiro atoms. The smallest absolute Gasteiger partial charge is 0.282 e. The summed E-state index contributed by atoms with van der Waals surface area (Å²) in [5.74, 6) is -0.257. The Kier molecular flexibility index (Phi) is 3.25. The summed E-state index contributed by atoms with van der Waals surface area (Å²) in [4.78, 5) is -0.424. The molecule has 0 atom stereocenters. The van der Waals surface area contributed by atoms with Crippen LogP contribution in [0, 0.1) is 6.07 Å². The van der Waals surface area contributed by atoms with Crippen molar-refractivity contribution in [2.45, 2.75) is 10.6 Å². The Hall–Kier alpha value is -0.920. The molecule has 1 aromatic rings. The minimum atomic E-state index is -4.31. The molecule has 5 nitrogen and oxygen atoms in total. The fraction of sp³-hybridized carbons (Fsp3) is 0.143. The molecule has 0 fully saturated rings. The van der Waals surface area contributed by atoms with Gasteiger partial charge in [-0.15, -0.1) is 0 Å². The minimum Gasteiger partial charge on any atom is -0.282 e. The Balaban J connectivity index is 3.14. The fourth-order valence-electron chi connectivity index (χ4n) is 0.885. The predicted octanol–water partition coefficient (Wildman–Crippen LogP) is -0.155. The molecule has 1 aromatic carbocycles. The van der Waals surface area contributed by atoms with Gasteiger partial charge in [-0.2, -0.15) is 8.42 Å². The van der Waals surface area contributed by atoms with Gasteiger partial charge in [-0.1, -0.05) is 12.1 Å². The van der Waals surface area contributed by atoms with Gasteiger partial charge in [0.1, 0.15) is 15.6 Å². The summed E-state index contributed by atoms with van der Waals surface area (Å²) in [6.07, 6.45) is 0. The summed E-state index contributed by atoms with van der Waals surface area (Å²) in [6, 6.07) is 6.02. The first-order chi connectivity index (χ1) is 6.39. The Morgan fingerprint density at radius 2 is 2.07 bits per heavy atom. The molecular formula is C7H7O5S2. The minimum absolute atomic E-state index is 0.257. The van der Waals surface area contributed by atoms with Gasteiger partial charge in [-0.05, 0) is 11.6 Å². The quantitative estimate of drug-likeness (QED) is 0.561. The summed E-state index contributed by atoms with van der Waals surface area (Å²) in [5, 5.41) is 0. The van der Waals surface area contributed by atoms with Crippen LogP contribution in [0.25, 0.3) is 0 Å². The van der Waals surface area contributed by atoms with E-state index in [0.29, 0.717) is 5.56 Å². The molecule has 0 bridgehead atoms. The normalized spacial score (nSPS) is 11.9. The van der Waals surface area contributed by atoms with Gasteiger partial charge in [0.05, 0.1) is 5.75 Å². The summed E-state index contributed by atoms with van der Waals surface area (Å²) in [5.41, 5.74) is 0.299. The van der Waals surface area contributed by atoms with Crippen LogP contribution in [0.4, 0.5) is 0 Å². The highest BCUT2D eigenvalue weighted by atomic mass is 32.2. The number of rotatable bonds is 3. The third kappa shape index (κ3) is 3.09. The lowest BCUT2D eigenvalue weighted by atomic mass is 10.2. The van der Waals surface area contributed by atoms with E-state index in [1.165, 1.54) is 12.1 Å². The highest BCUT2D eigenvalue weighted by Crippen LogP contribution is 2.10. The van der Waals surface area contributed by atoms with Crippen LogP contribution in [-0.2, 0) is 26.6 Å². The Bertz CT molecular complexity index is 493. The van der Waals surface area contributed by atoms with Crippen LogP contribution in [0.5, 0.6) is 0 Å². The molecule has 0 amide bonds. The molecule has 1 radical (unpaired) electrons. The summed E-state index contributed by atoms with van der Waals surface area (Å²) in [7, 11) is -6.93. The lowest BCUT2D eigenvalue weighted by Crippen LogP contribution is -1.99. The number of hydrogen-bond donors (Lipinski definition) is 2. The molecule has 77 valence electrons. The Morgan fingerprint density at radius 3 is 2.57 bits per heavy atom. The van der Waals surface area contributed by atoms with Crippen molar-refractivity contribution in [2.75, 3.05) is 0 Å². The lowest BCUT2D eigenvalue weighted by Gasteiger charge is -1.98. The van der Waals surface area contributed by atoms with Crippen molar-refractivity contribution in [3.8, 4) is 0 Å². The number of benzene rings is 1. The van der Waals surface area contributed by atoms with Gasteiger partial charge in [0.2, 0.25) is 0 Å².